The van der Waals surface area contributed by atoms with Crippen LogP contribution in [0.1, 0.15) is 31.9 Å². The molecule has 0 unspecified atom stereocenters. The second-order valence-electron chi connectivity index (χ2n) is 5.78. The molecule has 100 valence electrons. The number of para-hydroxylation sites is 1. The van der Waals surface area contributed by atoms with Gasteiger partial charge in [0.15, 0.2) is 0 Å². The molecule has 0 spiro atoms. The molecule has 0 aromatic heterocycles. The second-order valence-corrected chi connectivity index (χ2v) is 6.63. The van der Waals surface area contributed by atoms with E-state index in [1.807, 2.05) is 18.2 Å². The van der Waals surface area contributed by atoms with Crippen molar-refractivity contribution in [2.75, 3.05) is 5.32 Å². The molecule has 0 saturated heterocycles. The van der Waals surface area contributed by atoms with E-state index in [9.17, 15) is 0 Å². The molecule has 2 aromatic rings. The molecule has 0 saturated carbocycles. The molecule has 19 heavy (non-hydrogen) atoms. The van der Waals surface area contributed by atoms with Crippen molar-refractivity contribution in [1.29, 1.82) is 0 Å². The topological polar surface area (TPSA) is 12.0 Å². The van der Waals surface area contributed by atoms with Crippen LogP contribution in [-0.4, -0.2) is 0 Å². The first-order chi connectivity index (χ1) is 8.97. The predicted octanol–water partition coefficient (Wildman–Crippen LogP) is 5.36. The monoisotopic (exact) mass is 317 g/mol. The largest absolute Gasteiger partial charge is 0.380 e. The molecule has 0 aliphatic heterocycles. The lowest BCUT2D eigenvalue weighted by Crippen LogP contribution is -2.11. The van der Waals surface area contributed by atoms with Crippen molar-refractivity contribution in [3.05, 3.63) is 64.1 Å². The lowest BCUT2D eigenvalue weighted by atomic mass is 9.87. The fraction of sp³-hybridized carbons (Fsp3) is 0.294. The molecular weight excluding hydrogens is 298 g/mol. The van der Waals surface area contributed by atoms with Gasteiger partial charge in [-0.1, -0.05) is 57.2 Å². The summed E-state index contributed by atoms with van der Waals surface area (Å²) in [6, 6.07) is 17.0. The van der Waals surface area contributed by atoms with Gasteiger partial charge in [-0.2, -0.15) is 0 Å². The number of halogens is 1. The lowest BCUT2D eigenvalue weighted by molar-refractivity contribution is 0.590. The normalized spacial score (nSPS) is 11.4. The molecule has 0 atom stereocenters. The van der Waals surface area contributed by atoms with Gasteiger partial charge in [0, 0.05) is 16.7 Å². The third-order valence-electron chi connectivity index (χ3n) is 3.18. The van der Waals surface area contributed by atoms with Crippen LogP contribution in [0.5, 0.6) is 0 Å². The Morgan fingerprint density at radius 2 is 1.58 bits per heavy atom. The first kappa shape index (κ1) is 14.1. The first-order valence-corrected chi connectivity index (χ1v) is 7.34. The maximum absolute atomic E-state index is 3.55. The Hall–Kier alpha value is -1.28. The Kier molecular flexibility index (Phi) is 4.31. The molecule has 0 fully saturated rings. The van der Waals surface area contributed by atoms with E-state index in [0.717, 1.165) is 16.7 Å². The van der Waals surface area contributed by atoms with E-state index in [1.54, 1.807) is 0 Å². The average Bonchev–Trinajstić information content (AvgIpc) is 2.37. The fourth-order valence-electron chi connectivity index (χ4n) is 1.92. The number of hydrogen-bond donors (Lipinski definition) is 1. The molecule has 0 aliphatic rings. The zero-order chi connectivity index (χ0) is 13.9. The quantitative estimate of drug-likeness (QED) is 0.803. The molecule has 0 radical (unpaired) electrons. The molecule has 2 rings (SSSR count). The van der Waals surface area contributed by atoms with Crippen LogP contribution in [0.25, 0.3) is 0 Å². The fourth-order valence-corrected chi connectivity index (χ4v) is 2.35. The molecule has 0 aliphatic carbocycles. The minimum Gasteiger partial charge on any atom is -0.380 e. The minimum atomic E-state index is 0.217. The molecular formula is C17H20BrN. The smallest absolute Gasteiger partial charge is 0.0487 e. The summed E-state index contributed by atoms with van der Waals surface area (Å²) in [6.45, 7) is 7.55. The number of nitrogens with one attached hydrogen (secondary N) is 1. The summed E-state index contributed by atoms with van der Waals surface area (Å²) >= 11 is 3.55. The van der Waals surface area contributed by atoms with E-state index in [4.69, 9.17) is 0 Å². The second kappa shape index (κ2) is 5.79. The lowest BCUT2D eigenvalue weighted by Gasteiger charge is -2.19. The van der Waals surface area contributed by atoms with Crippen molar-refractivity contribution in [3.63, 3.8) is 0 Å². The first-order valence-electron chi connectivity index (χ1n) is 6.54. The van der Waals surface area contributed by atoms with Crippen LogP contribution in [0.2, 0.25) is 0 Å². The number of anilines is 1. The Bertz CT molecular complexity index is 538. The van der Waals surface area contributed by atoms with Crippen molar-refractivity contribution >= 4 is 21.6 Å². The van der Waals surface area contributed by atoms with Gasteiger partial charge in [0.2, 0.25) is 0 Å². The molecule has 1 nitrogen and oxygen atoms in total. The van der Waals surface area contributed by atoms with Gasteiger partial charge in [-0.05, 0) is 44.6 Å². The van der Waals surface area contributed by atoms with Crippen molar-refractivity contribution in [2.24, 2.45) is 0 Å². The van der Waals surface area contributed by atoms with E-state index in [0.29, 0.717) is 0 Å². The van der Waals surface area contributed by atoms with Crippen LogP contribution in [0.4, 0.5) is 5.69 Å². The predicted molar refractivity (Wildman–Crippen MR) is 86.6 cm³/mol. The zero-order valence-corrected chi connectivity index (χ0v) is 13.3. The van der Waals surface area contributed by atoms with E-state index in [-0.39, 0.29) is 5.41 Å². The summed E-state index contributed by atoms with van der Waals surface area (Å²) in [5.74, 6) is 0. The highest BCUT2D eigenvalue weighted by molar-refractivity contribution is 9.10. The van der Waals surface area contributed by atoms with Crippen LogP contribution in [0.3, 0.4) is 0 Å². The van der Waals surface area contributed by atoms with Crippen LogP contribution in [-0.2, 0) is 12.0 Å². The molecule has 0 amide bonds. The maximum Gasteiger partial charge on any atom is 0.0487 e. The highest BCUT2D eigenvalue weighted by atomic mass is 79.9. The minimum absolute atomic E-state index is 0.217. The van der Waals surface area contributed by atoms with Crippen molar-refractivity contribution < 1.29 is 0 Å². The summed E-state index contributed by atoms with van der Waals surface area (Å²) in [7, 11) is 0. The molecule has 1 N–H and O–H groups in total. The van der Waals surface area contributed by atoms with E-state index in [1.165, 1.54) is 11.1 Å². The highest BCUT2D eigenvalue weighted by Gasteiger charge is 2.12. The van der Waals surface area contributed by atoms with Crippen LogP contribution in [0.15, 0.2) is 53.0 Å². The Labute approximate surface area is 124 Å². The van der Waals surface area contributed by atoms with Gasteiger partial charge in [-0.25, -0.2) is 0 Å². The van der Waals surface area contributed by atoms with Crippen LogP contribution in [0, 0.1) is 0 Å². The Morgan fingerprint density at radius 1 is 0.947 bits per heavy atom. The van der Waals surface area contributed by atoms with E-state index < -0.39 is 0 Å². The van der Waals surface area contributed by atoms with Gasteiger partial charge in [0.05, 0.1) is 0 Å². The average molecular weight is 318 g/mol. The van der Waals surface area contributed by atoms with Crippen LogP contribution >= 0.6 is 15.9 Å². The highest BCUT2D eigenvalue weighted by Crippen LogP contribution is 2.24. The van der Waals surface area contributed by atoms with E-state index >= 15 is 0 Å². The van der Waals surface area contributed by atoms with Gasteiger partial charge in [0.25, 0.3) is 0 Å². The summed E-state index contributed by atoms with van der Waals surface area (Å²) < 4.78 is 1.10. The summed E-state index contributed by atoms with van der Waals surface area (Å²) in [6.07, 6.45) is 0. The summed E-state index contributed by atoms with van der Waals surface area (Å²) in [5, 5.41) is 3.44. The van der Waals surface area contributed by atoms with Gasteiger partial charge in [-0.15, -0.1) is 0 Å². The third kappa shape index (κ3) is 3.84. The number of benzene rings is 2. The summed E-state index contributed by atoms with van der Waals surface area (Å²) in [4.78, 5) is 0. The maximum atomic E-state index is 3.55. The van der Waals surface area contributed by atoms with Gasteiger partial charge >= 0.3 is 0 Å². The van der Waals surface area contributed by atoms with Gasteiger partial charge in [-0.3, -0.25) is 0 Å². The van der Waals surface area contributed by atoms with Crippen molar-refractivity contribution in [3.8, 4) is 0 Å². The van der Waals surface area contributed by atoms with E-state index in [2.05, 4.69) is 72.3 Å². The SMILES string of the molecule is CC(C)(C)c1ccc(CNc2ccccc2Br)cc1. The van der Waals surface area contributed by atoms with Crippen molar-refractivity contribution in [2.45, 2.75) is 32.7 Å². The molecule has 0 heterocycles. The van der Waals surface area contributed by atoms with Crippen molar-refractivity contribution in [1.82, 2.24) is 0 Å². The third-order valence-corrected chi connectivity index (χ3v) is 3.87. The standard InChI is InChI=1S/C17H20BrN/c1-17(2,3)14-10-8-13(9-11-14)12-19-16-7-5-4-6-15(16)18/h4-11,19H,12H2,1-3H3. The number of rotatable bonds is 3. The van der Waals surface area contributed by atoms with Gasteiger partial charge < -0.3 is 5.32 Å². The molecule has 0 bridgehead atoms. The Balaban J connectivity index is 2.03. The van der Waals surface area contributed by atoms with Crippen LogP contribution < -0.4 is 5.32 Å². The molecule has 2 aromatic carbocycles. The van der Waals surface area contributed by atoms with Gasteiger partial charge in [0.1, 0.15) is 0 Å². The number of hydrogen-bond acceptors (Lipinski definition) is 1. The molecule has 2 heteroatoms. The Morgan fingerprint density at radius 3 is 2.16 bits per heavy atom. The zero-order valence-electron chi connectivity index (χ0n) is 11.7. The summed E-state index contributed by atoms with van der Waals surface area (Å²) in [5.41, 5.74) is 4.01.